The Morgan fingerprint density at radius 3 is 2.48 bits per heavy atom. The standard InChI is InChI=1S/C11H15BrClN3O2S3/c1-7(11(14)19)15-2-4-16(5-3-15)21(17,18)9-6-8(13)10(12)20-9/h6-7H,2-5H2,1H3,(H2,14,19). The fraction of sp³-hybridized carbons (Fsp3) is 0.545. The highest BCUT2D eigenvalue weighted by molar-refractivity contribution is 9.11. The lowest BCUT2D eigenvalue weighted by atomic mass is 10.2. The summed E-state index contributed by atoms with van der Waals surface area (Å²) in [5.74, 6) is 0. The van der Waals surface area contributed by atoms with Gasteiger partial charge < -0.3 is 5.73 Å². The average molecular weight is 433 g/mol. The molecule has 1 aliphatic heterocycles. The number of hydrogen-bond acceptors (Lipinski definition) is 5. The van der Waals surface area contributed by atoms with Crippen molar-refractivity contribution in [3.8, 4) is 0 Å². The Bertz CT molecular complexity index is 622. The van der Waals surface area contributed by atoms with Crippen LogP contribution in [0.5, 0.6) is 0 Å². The van der Waals surface area contributed by atoms with Crippen LogP contribution in [0.15, 0.2) is 14.1 Å². The van der Waals surface area contributed by atoms with E-state index in [4.69, 9.17) is 29.6 Å². The van der Waals surface area contributed by atoms with Gasteiger partial charge in [-0.2, -0.15) is 4.31 Å². The van der Waals surface area contributed by atoms with Gasteiger partial charge in [0.1, 0.15) is 4.21 Å². The van der Waals surface area contributed by atoms with Crippen LogP contribution in [0.2, 0.25) is 5.02 Å². The van der Waals surface area contributed by atoms with E-state index in [0.29, 0.717) is 40.0 Å². The van der Waals surface area contributed by atoms with E-state index in [1.807, 2.05) is 6.92 Å². The number of halogens is 2. The van der Waals surface area contributed by atoms with Crippen molar-refractivity contribution >= 4 is 66.1 Å². The summed E-state index contributed by atoms with van der Waals surface area (Å²) in [5, 5.41) is 0.416. The van der Waals surface area contributed by atoms with Crippen LogP contribution in [-0.2, 0) is 10.0 Å². The van der Waals surface area contributed by atoms with Crippen LogP contribution in [-0.4, -0.2) is 54.8 Å². The van der Waals surface area contributed by atoms with E-state index in [2.05, 4.69) is 20.8 Å². The third-order valence-corrected chi connectivity index (χ3v) is 8.61. The van der Waals surface area contributed by atoms with Crippen molar-refractivity contribution in [3.63, 3.8) is 0 Å². The number of nitrogens with two attached hydrogens (primary N) is 1. The molecule has 1 aliphatic rings. The van der Waals surface area contributed by atoms with Gasteiger partial charge >= 0.3 is 0 Å². The maximum atomic E-state index is 12.6. The minimum atomic E-state index is -3.49. The summed E-state index contributed by atoms with van der Waals surface area (Å²) in [6.07, 6.45) is 0. The van der Waals surface area contributed by atoms with Gasteiger partial charge in [-0.3, -0.25) is 4.90 Å². The van der Waals surface area contributed by atoms with E-state index >= 15 is 0 Å². The number of thiocarbonyl (C=S) groups is 1. The Morgan fingerprint density at radius 2 is 2.05 bits per heavy atom. The van der Waals surface area contributed by atoms with Gasteiger partial charge in [-0.05, 0) is 28.9 Å². The zero-order chi connectivity index (χ0) is 15.8. The molecule has 0 amide bonds. The van der Waals surface area contributed by atoms with Crippen molar-refractivity contribution in [1.82, 2.24) is 9.21 Å². The zero-order valence-corrected chi connectivity index (χ0v) is 16.0. The van der Waals surface area contributed by atoms with Gasteiger partial charge in [0.05, 0.1) is 19.8 Å². The van der Waals surface area contributed by atoms with Gasteiger partial charge in [-0.1, -0.05) is 23.8 Å². The van der Waals surface area contributed by atoms with Crippen molar-refractivity contribution in [1.29, 1.82) is 0 Å². The Labute approximate surface area is 147 Å². The number of hydrogen-bond donors (Lipinski definition) is 1. The van der Waals surface area contributed by atoms with Crippen LogP contribution in [0.1, 0.15) is 6.92 Å². The molecule has 1 fully saturated rings. The zero-order valence-electron chi connectivity index (χ0n) is 11.3. The topological polar surface area (TPSA) is 66.6 Å². The summed E-state index contributed by atoms with van der Waals surface area (Å²) in [4.78, 5) is 2.52. The second-order valence-corrected chi connectivity index (χ2v) is 10.1. The molecule has 1 aromatic rings. The second kappa shape index (κ2) is 6.77. The number of nitrogens with zero attached hydrogens (tertiary/aromatic N) is 2. The first-order valence-corrected chi connectivity index (χ1v) is 10.1. The third kappa shape index (κ3) is 3.77. The molecule has 21 heavy (non-hydrogen) atoms. The molecule has 2 heterocycles. The normalized spacial score (nSPS) is 19.6. The highest BCUT2D eigenvalue weighted by Gasteiger charge is 2.32. The molecule has 2 rings (SSSR count). The molecule has 5 nitrogen and oxygen atoms in total. The van der Waals surface area contributed by atoms with Crippen LogP contribution < -0.4 is 5.73 Å². The molecule has 0 spiro atoms. The SMILES string of the molecule is CC(C(N)=S)N1CCN(S(=O)(=O)c2cc(Cl)c(Br)s2)CC1. The summed E-state index contributed by atoms with van der Waals surface area (Å²) in [6.45, 7) is 3.99. The summed E-state index contributed by atoms with van der Waals surface area (Å²) in [5.41, 5.74) is 5.64. The molecule has 1 unspecified atom stereocenters. The molecular weight excluding hydrogens is 418 g/mol. The van der Waals surface area contributed by atoms with Crippen LogP contribution in [0.25, 0.3) is 0 Å². The fourth-order valence-electron chi connectivity index (χ4n) is 2.09. The number of piperazine rings is 1. The van der Waals surface area contributed by atoms with Gasteiger partial charge in [0.2, 0.25) is 0 Å². The Balaban J connectivity index is 2.09. The molecule has 0 aromatic carbocycles. The predicted octanol–water partition coefficient (Wildman–Crippen LogP) is 2.14. The highest BCUT2D eigenvalue weighted by atomic mass is 79.9. The number of thiophene rings is 1. The Morgan fingerprint density at radius 1 is 1.48 bits per heavy atom. The second-order valence-electron chi connectivity index (χ2n) is 4.71. The van der Waals surface area contributed by atoms with Gasteiger partial charge in [0.15, 0.2) is 0 Å². The van der Waals surface area contributed by atoms with Crippen LogP contribution in [0.3, 0.4) is 0 Å². The molecule has 0 saturated carbocycles. The maximum Gasteiger partial charge on any atom is 0.252 e. The van der Waals surface area contributed by atoms with Gasteiger partial charge in [0, 0.05) is 26.2 Å². The van der Waals surface area contributed by atoms with Crippen molar-refractivity contribution in [2.45, 2.75) is 17.2 Å². The Kier molecular flexibility index (Phi) is 5.67. The predicted molar refractivity (Wildman–Crippen MR) is 93.6 cm³/mol. The molecule has 10 heteroatoms. The molecule has 1 saturated heterocycles. The molecule has 0 radical (unpaired) electrons. The molecule has 118 valence electrons. The van der Waals surface area contributed by atoms with Crippen LogP contribution in [0, 0.1) is 0 Å². The Hall–Kier alpha value is 0.230. The van der Waals surface area contributed by atoms with E-state index in [0.717, 1.165) is 11.3 Å². The van der Waals surface area contributed by atoms with E-state index in [-0.39, 0.29) is 10.3 Å². The molecular formula is C11H15BrClN3O2S3. The van der Waals surface area contributed by atoms with E-state index in [1.165, 1.54) is 10.4 Å². The average Bonchev–Trinajstić information content (AvgIpc) is 2.78. The summed E-state index contributed by atoms with van der Waals surface area (Å²) < 4.78 is 27.5. The van der Waals surface area contributed by atoms with E-state index < -0.39 is 10.0 Å². The first-order chi connectivity index (χ1) is 9.73. The smallest absolute Gasteiger partial charge is 0.252 e. The maximum absolute atomic E-state index is 12.6. The third-order valence-electron chi connectivity index (χ3n) is 3.45. The molecule has 0 bridgehead atoms. The monoisotopic (exact) mass is 431 g/mol. The van der Waals surface area contributed by atoms with E-state index in [1.54, 1.807) is 0 Å². The summed E-state index contributed by atoms with van der Waals surface area (Å²) >= 11 is 15.3. The minimum absolute atomic E-state index is 0.0184. The molecule has 1 aromatic heterocycles. The molecule has 1 atom stereocenters. The van der Waals surface area contributed by atoms with Crippen LogP contribution >= 0.6 is 51.1 Å². The number of sulfonamides is 1. The largest absolute Gasteiger partial charge is 0.392 e. The highest BCUT2D eigenvalue weighted by Crippen LogP contribution is 2.36. The lowest BCUT2D eigenvalue weighted by Gasteiger charge is -2.36. The van der Waals surface area contributed by atoms with Crippen molar-refractivity contribution in [2.75, 3.05) is 26.2 Å². The lowest BCUT2D eigenvalue weighted by Crippen LogP contribution is -2.53. The van der Waals surface area contributed by atoms with Crippen molar-refractivity contribution in [3.05, 3.63) is 14.9 Å². The molecule has 2 N–H and O–H groups in total. The van der Waals surface area contributed by atoms with Gasteiger partial charge in [-0.25, -0.2) is 8.42 Å². The van der Waals surface area contributed by atoms with Crippen LogP contribution in [0.4, 0.5) is 0 Å². The van der Waals surface area contributed by atoms with Gasteiger partial charge in [-0.15, -0.1) is 11.3 Å². The van der Waals surface area contributed by atoms with Crippen molar-refractivity contribution in [2.24, 2.45) is 5.73 Å². The summed E-state index contributed by atoms with van der Waals surface area (Å²) in [7, 11) is -3.49. The van der Waals surface area contributed by atoms with Crippen molar-refractivity contribution < 1.29 is 8.42 Å². The lowest BCUT2D eigenvalue weighted by molar-refractivity contribution is 0.175. The van der Waals surface area contributed by atoms with E-state index in [9.17, 15) is 8.42 Å². The minimum Gasteiger partial charge on any atom is -0.392 e. The first kappa shape index (κ1) is 17.6. The van der Waals surface area contributed by atoms with Gasteiger partial charge in [0.25, 0.3) is 10.0 Å². The fourth-order valence-corrected chi connectivity index (χ4v) is 6.22. The first-order valence-electron chi connectivity index (χ1n) is 6.22. The molecule has 0 aliphatic carbocycles. The summed E-state index contributed by atoms with van der Waals surface area (Å²) in [6, 6.07) is 1.46. The quantitative estimate of drug-likeness (QED) is 0.738. The number of rotatable bonds is 4.